The minimum Gasteiger partial charge on any atom is -0.421 e. The number of rotatable bonds is 5. The van der Waals surface area contributed by atoms with Crippen LogP contribution in [0.5, 0.6) is 0 Å². The Labute approximate surface area is 150 Å². The van der Waals surface area contributed by atoms with Crippen molar-refractivity contribution in [2.75, 3.05) is 0 Å². The van der Waals surface area contributed by atoms with Crippen LogP contribution in [0, 0.1) is 5.82 Å². The summed E-state index contributed by atoms with van der Waals surface area (Å²) >= 11 is 0. The molecule has 1 N–H and O–H groups in total. The Balaban J connectivity index is 1.72. The maximum atomic E-state index is 13.5. The molecule has 7 nitrogen and oxygen atoms in total. The fourth-order valence-corrected chi connectivity index (χ4v) is 2.68. The second kappa shape index (κ2) is 6.80. The third-order valence-corrected chi connectivity index (χ3v) is 3.99. The molecule has 4 aromatic rings. The molecule has 0 bridgehead atoms. The summed E-state index contributed by atoms with van der Waals surface area (Å²) in [4.78, 5) is 4.27. The molecular formula is C17H12F3N5O2. The number of alkyl halides is 2. The topological polar surface area (TPSA) is 89.9 Å². The van der Waals surface area contributed by atoms with Crippen LogP contribution in [0.25, 0.3) is 22.2 Å². The lowest BCUT2D eigenvalue weighted by Crippen LogP contribution is -2.02. The SMILES string of the molecule is OCc1nnc(Cn2ncc3ncc(-c4ccc(F)c(C(F)F)c4)cc32)o1. The quantitative estimate of drug-likeness (QED) is 0.577. The predicted octanol–water partition coefficient (Wildman–Crippen LogP) is 3.10. The van der Waals surface area contributed by atoms with E-state index in [0.717, 1.165) is 12.1 Å². The number of hydrogen-bond donors (Lipinski definition) is 1. The first-order chi connectivity index (χ1) is 13.0. The van der Waals surface area contributed by atoms with Crippen molar-refractivity contribution in [3.05, 3.63) is 59.8 Å². The number of pyridine rings is 1. The lowest BCUT2D eigenvalue weighted by Gasteiger charge is -2.07. The molecule has 0 unspecified atom stereocenters. The van der Waals surface area contributed by atoms with Crippen LogP contribution < -0.4 is 0 Å². The van der Waals surface area contributed by atoms with Gasteiger partial charge in [0, 0.05) is 11.8 Å². The number of fused-ring (bicyclic) bond motifs is 1. The summed E-state index contributed by atoms with van der Waals surface area (Å²) in [6.07, 6.45) is 0.135. The Morgan fingerprint density at radius 1 is 1.07 bits per heavy atom. The van der Waals surface area contributed by atoms with Crippen LogP contribution in [-0.2, 0) is 13.2 Å². The highest BCUT2D eigenvalue weighted by Crippen LogP contribution is 2.29. The van der Waals surface area contributed by atoms with Gasteiger partial charge in [0.25, 0.3) is 6.43 Å². The molecule has 10 heteroatoms. The number of nitrogens with zero attached hydrogens (tertiary/aromatic N) is 5. The number of aliphatic hydroxyl groups is 1. The molecule has 0 amide bonds. The van der Waals surface area contributed by atoms with Crippen LogP contribution >= 0.6 is 0 Å². The van der Waals surface area contributed by atoms with Crippen LogP contribution in [0.2, 0.25) is 0 Å². The summed E-state index contributed by atoms with van der Waals surface area (Å²) in [7, 11) is 0. The van der Waals surface area contributed by atoms with Crippen molar-refractivity contribution in [1.29, 1.82) is 0 Å². The lowest BCUT2D eigenvalue weighted by molar-refractivity contribution is 0.146. The van der Waals surface area contributed by atoms with Gasteiger partial charge in [0.1, 0.15) is 24.5 Å². The van der Waals surface area contributed by atoms with E-state index >= 15 is 0 Å². The zero-order valence-electron chi connectivity index (χ0n) is 13.7. The molecule has 1 aromatic carbocycles. The van der Waals surface area contributed by atoms with Gasteiger partial charge in [0.2, 0.25) is 11.8 Å². The van der Waals surface area contributed by atoms with E-state index in [4.69, 9.17) is 9.52 Å². The number of aliphatic hydroxyl groups excluding tert-OH is 1. The first-order valence-electron chi connectivity index (χ1n) is 7.87. The highest BCUT2D eigenvalue weighted by atomic mass is 19.3. The summed E-state index contributed by atoms with van der Waals surface area (Å²) in [6, 6.07) is 5.24. The Bertz CT molecular complexity index is 1110. The van der Waals surface area contributed by atoms with Crippen molar-refractivity contribution in [2.24, 2.45) is 0 Å². The maximum Gasteiger partial charge on any atom is 0.266 e. The van der Waals surface area contributed by atoms with Gasteiger partial charge in [-0.3, -0.25) is 9.67 Å². The summed E-state index contributed by atoms with van der Waals surface area (Å²) in [5, 5.41) is 20.7. The predicted molar refractivity (Wildman–Crippen MR) is 87.2 cm³/mol. The Hall–Kier alpha value is -3.27. The minimum absolute atomic E-state index is 0.0890. The third-order valence-electron chi connectivity index (χ3n) is 3.99. The number of aromatic nitrogens is 5. The van der Waals surface area contributed by atoms with E-state index in [1.807, 2.05) is 0 Å². The Morgan fingerprint density at radius 3 is 2.63 bits per heavy atom. The second-order valence-electron chi connectivity index (χ2n) is 5.72. The molecular weight excluding hydrogens is 363 g/mol. The fourth-order valence-electron chi connectivity index (χ4n) is 2.68. The largest absolute Gasteiger partial charge is 0.421 e. The van der Waals surface area contributed by atoms with Crippen LogP contribution in [-0.4, -0.2) is 30.1 Å². The van der Waals surface area contributed by atoms with Gasteiger partial charge in [-0.2, -0.15) is 5.10 Å². The standard InChI is InChI=1S/C17H12F3N5O2/c18-12-2-1-9(3-11(12)17(19)20)10-4-14-13(21-5-10)6-22-25(14)7-15-23-24-16(8-26)27-15/h1-6,17,26H,7-8H2. The lowest BCUT2D eigenvalue weighted by atomic mass is 10.0. The first-order valence-corrected chi connectivity index (χ1v) is 7.87. The summed E-state index contributed by atoms with van der Waals surface area (Å²) in [6.45, 7) is -0.219. The van der Waals surface area contributed by atoms with Gasteiger partial charge < -0.3 is 9.52 Å². The van der Waals surface area contributed by atoms with Crippen molar-refractivity contribution < 1.29 is 22.7 Å². The molecule has 138 valence electrons. The molecule has 0 saturated carbocycles. The highest BCUT2D eigenvalue weighted by molar-refractivity contribution is 5.80. The molecule has 4 rings (SSSR count). The monoisotopic (exact) mass is 375 g/mol. The van der Waals surface area contributed by atoms with E-state index in [1.165, 1.54) is 18.5 Å². The van der Waals surface area contributed by atoms with E-state index in [2.05, 4.69) is 20.3 Å². The Morgan fingerprint density at radius 2 is 1.89 bits per heavy atom. The van der Waals surface area contributed by atoms with Crippen LogP contribution in [0.1, 0.15) is 23.8 Å². The van der Waals surface area contributed by atoms with E-state index < -0.39 is 17.8 Å². The van der Waals surface area contributed by atoms with Crippen molar-refractivity contribution in [3.8, 4) is 11.1 Å². The number of benzene rings is 1. The molecule has 0 aliphatic rings. The van der Waals surface area contributed by atoms with E-state index in [-0.39, 0.29) is 24.9 Å². The van der Waals surface area contributed by atoms with Gasteiger partial charge in [-0.1, -0.05) is 6.07 Å². The Kier molecular flexibility index (Phi) is 4.32. The van der Waals surface area contributed by atoms with Crippen LogP contribution in [0.3, 0.4) is 0 Å². The minimum atomic E-state index is -2.91. The average molecular weight is 375 g/mol. The zero-order valence-corrected chi connectivity index (χ0v) is 13.7. The van der Waals surface area contributed by atoms with E-state index in [1.54, 1.807) is 10.7 Å². The van der Waals surface area contributed by atoms with Crippen molar-refractivity contribution in [2.45, 2.75) is 19.6 Å². The number of hydrogen-bond acceptors (Lipinski definition) is 6. The van der Waals surface area contributed by atoms with Crippen molar-refractivity contribution in [3.63, 3.8) is 0 Å². The van der Waals surface area contributed by atoms with Gasteiger partial charge in [-0.05, 0) is 23.8 Å². The summed E-state index contributed by atoms with van der Waals surface area (Å²) in [5.41, 5.74) is 1.47. The third kappa shape index (κ3) is 3.26. The fraction of sp³-hybridized carbons (Fsp3) is 0.176. The zero-order chi connectivity index (χ0) is 19.0. The average Bonchev–Trinajstić information content (AvgIpc) is 3.29. The smallest absolute Gasteiger partial charge is 0.266 e. The van der Waals surface area contributed by atoms with Gasteiger partial charge in [0.15, 0.2) is 0 Å². The molecule has 3 aromatic heterocycles. The molecule has 3 heterocycles. The first kappa shape index (κ1) is 17.2. The molecule has 0 saturated heterocycles. The molecule has 0 aliphatic heterocycles. The van der Waals surface area contributed by atoms with E-state index in [0.29, 0.717) is 22.2 Å². The van der Waals surface area contributed by atoms with Gasteiger partial charge >= 0.3 is 0 Å². The van der Waals surface area contributed by atoms with Crippen LogP contribution in [0.4, 0.5) is 13.2 Å². The summed E-state index contributed by atoms with van der Waals surface area (Å²) in [5.74, 6) is -0.619. The van der Waals surface area contributed by atoms with Crippen molar-refractivity contribution in [1.82, 2.24) is 25.0 Å². The molecule has 0 atom stereocenters. The molecule has 0 radical (unpaired) electrons. The van der Waals surface area contributed by atoms with Gasteiger partial charge in [0.05, 0.1) is 17.3 Å². The normalized spacial score (nSPS) is 11.6. The van der Waals surface area contributed by atoms with Crippen molar-refractivity contribution >= 4 is 11.0 Å². The molecule has 0 fully saturated rings. The molecule has 27 heavy (non-hydrogen) atoms. The maximum absolute atomic E-state index is 13.5. The summed E-state index contributed by atoms with van der Waals surface area (Å²) < 4.78 is 46.2. The van der Waals surface area contributed by atoms with Gasteiger partial charge in [-0.15, -0.1) is 10.2 Å². The van der Waals surface area contributed by atoms with Gasteiger partial charge in [-0.25, -0.2) is 13.2 Å². The van der Waals surface area contributed by atoms with E-state index in [9.17, 15) is 13.2 Å². The molecule has 0 aliphatic carbocycles. The highest BCUT2D eigenvalue weighted by Gasteiger charge is 2.16. The molecule has 0 spiro atoms. The number of halogens is 3. The second-order valence-corrected chi connectivity index (χ2v) is 5.72. The van der Waals surface area contributed by atoms with Crippen LogP contribution in [0.15, 0.2) is 41.1 Å².